The molecule has 0 bridgehead atoms. The Hall–Kier alpha value is -3.25. The van der Waals surface area contributed by atoms with Crippen LogP contribution in [0.25, 0.3) is 16.7 Å². The van der Waals surface area contributed by atoms with Gasteiger partial charge >= 0.3 is 0 Å². The van der Waals surface area contributed by atoms with Crippen LogP contribution in [0.2, 0.25) is 0 Å². The van der Waals surface area contributed by atoms with Gasteiger partial charge in [-0.05, 0) is 52.9 Å². The lowest BCUT2D eigenvalue weighted by Gasteiger charge is -2.10. The third-order valence-electron chi connectivity index (χ3n) is 4.04. The minimum absolute atomic E-state index is 0.268. The third kappa shape index (κ3) is 3.27. The number of hydrogen-bond donors (Lipinski definition) is 1. The van der Waals surface area contributed by atoms with E-state index in [1.54, 1.807) is 18.2 Å². The number of fused-ring (bicyclic) bond motifs is 1. The Bertz CT molecular complexity index is 1210. The largest absolute Gasteiger partial charge is 0.305 e. The fourth-order valence-electron chi connectivity index (χ4n) is 2.72. The first-order chi connectivity index (χ1) is 13.2. The summed E-state index contributed by atoms with van der Waals surface area (Å²) in [6.45, 7) is 0. The lowest BCUT2D eigenvalue weighted by atomic mass is 10.2. The van der Waals surface area contributed by atoms with Gasteiger partial charge in [0.25, 0.3) is 5.91 Å². The molecule has 0 unspecified atom stereocenters. The summed E-state index contributed by atoms with van der Waals surface area (Å²) in [6.07, 6.45) is 1.42. The zero-order chi connectivity index (χ0) is 18.8. The van der Waals surface area contributed by atoms with Crippen LogP contribution in [0.4, 0.5) is 5.82 Å². The number of aromatic nitrogens is 3. The number of pyridine rings is 1. The number of hydrogen-bond acceptors (Lipinski definition) is 4. The number of rotatable bonds is 3. The molecule has 0 aliphatic carbocycles. The number of nitriles is 1. The van der Waals surface area contributed by atoms with E-state index in [-0.39, 0.29) is 11.5 Å². The Morgan fingerprint density at radius 1 is 1.07 bits per heavy atom. The van der Waals surface area contributed by atoms with Crippen molar-refractivity contribution in [3.8, 4) is 11.9 Å². The summed E-state index contributed by atoms with van der Waals surface area (Å²) < 4.78 is 2.29. The highest BCUT2D eigenvalue weighted by molar-refractivity contribution is 14.1. The van der Waals surface area contributed by atoms with Crippen LogP contribution in [-0.4, -0.2) is 20.7 Å². The molecule has 0 aliphatic heterocycles. The molecule has 0 atom stereocenters. The molecular weight excluding hydrogens is 453 g/mol. The zero-order valence-corrected chi connectivity index (χ0v) is 16.1. The van der Waals surface area contributed by atoms with Gasteiger partial charge in [0.15, 0.2) is 11.6 Å². The van der Waals surface area contributed by atoms with Crippen LogP contribution in [0.3, 0.4) is 0 Å². The summed E-state index contributed by atoms with van der Waals surface area (Å²) in [5.41, 5.74) is 1.60. The molecule has 2 heterocycles. The van der Waals surface area contributed by atoms with Crippen LogP contribution in [0.1, 0.15) is 15.9 Å². The molecule has 0 spiro atoms. The molecule has 4 aromatic rings. The zero-order valence-electron chi connectivity index (χ0n) is 13.9. The first-order valence-electron chi connectivity index (χ1n) is 8.07. The van der Waals surface area contributed by atoms with Gasteiger partial charge in [-0.25, -0.2) is 4.98 Å². The summed E-state index contributed by atoms with van der Waals surface area (Å²) in [7, 11) is 0. The van der Waals surface area contributed by atoms with Crippen LogP contribution in [-0.2, 0) is 0 Å². The predicted molar refractivity (Wildman–Crippen MR) is 111 cm³/mol. The van der Waals surface area contributed by atoms with Gasteiger partial charge in [-0.15, -0.1) is 0 Å². The summed E-state index contributed by atoms with van der Waals surface area (Å²) in [5, 5.41) is 17.5. The molecule has 0 fully saturated rings. The smallest absolute Gasteiger partial charge is 0.257 e. The highest BCUT2D eigenvalue weighted by Gasteiger charge is 2.18. The number of para-hydroxylation sites is 1. The molecule has 1 N–H and O–H groups in total. The molecule has 7 heteroatoms. The standard InChI is InChI=1S/C20H12IN5O/c21-16-7-3-2-6-15(16)20(27)25-19-14(11-22)12-23-26(19)18-10-9-13-5-1-4-8-17(13)24-18/h1-10,12H,(H,25,27). The number of halogens is 1. The normalized spacial score (nSPS) is 10.5. The van der Waals surface area contributed by atoms with E-state index in [1.807, 2.05) is 42.5 Å². The average molecular weight is 465 g/mol. The number of amides is 1. The molecule has 0 saturated heterocycles. The molecule has 130 valence electrons. The van der Waals surface area contributed by atoms with E-state index < -0.39 is 0 Å². The quantitative estimate of drug-likeness (QED) is 0.461. The SMILES string of the molecule is N#Cc1cnn(-c2ccc3ccccc3n2)c1NC(=O)c1ccccc1I. The van der Waals surface area contributed by atoms with Gasteiger partial charge in [0, 0.05) is 8.96 Å². The van der Waals surface area contributed by atoms with E-state index in [1.165, 1.54) is 10.9 Å². The second-order valence-electron chi connectivity index (χ2n) is 5.73. The Kier molecular flexibility index (Phi) is 4.56. The number of anilines is 1. The van der Waals surface area contributed by atoms with E-state index in [9.17, 15) is 10.1 Å². The van der Waals surface area contributed by atoms with Crippen molar-refractivity contribution in [2.24, 2.45) is 0 Å². The molecule has 2 aromatic carbocycles. The van der Waals surface area contributed by atoms with E-state index >= 15 is 0 Å². The van der Waals surface area contributed by atoms with E-state index in [4.69, 9.17) is 0 Å². The first kappa shape index (κ1) is 17.2. The topological polar surface area (TPSA) is 83.6 Å². The summed E-state index contributed by atoms with van der Waals surface area (Å²) in [5.74, 6) is 0.511. The Morgan fingerprint density at radius 2 is 1.85 bits per heavy atom. The van der Waals surface area contributed by atoms with Crippen molar-refractivity contribution in [2.45, 2.75) is 0 Å². The number of carbonyl (C=O) groups excluding carboxylic acids is 1. The molecule has 27 heavy (non-hydrogen) atoms. The van der Waals surface area contributed by atoms with Crippen LogP contribution in [0.5, 0.6) is 0 Å². The summed E-state index contributed by atoms with van der Waals surface area (Å²) in [4.78, 5) is 17.3. The molecule has 0 aliphatic rings. The van der Waals surface area contributed by atoms with Crippen LogP contribution in [0.15, 0.2) is 66.9 Å². The second-order valence-corrected chi connectivity index (χ2v) is 6.89. The molecule has 6 nitrogen and oxygen atoms in total. The van der Waals surface area contributed by atoms with Gasteiger partial charge in [-0.1, -0.05) is 30.3 Å². The molecule has 1 amide bonds. The molecule has 4 rings (SSSR count). The van der Waals surface area contributed by atoms with Gasteiger partial charge in [0.1, 0.15) is 11.6 Å². The lowest BCUT2D eigenvalue weighted by molar-refractivity contribution is 0.102. The van der Waals surface area contributed by atoms with Crippen LogP contribution in [0, 0.1) is 14.9 Å². The van der Waals surface area contributed by atoms with Crippen LogP contribution >= 0.6 is 22.6 Å². The third-order valence-corrected chi connectivity index (χ3v) is 4.98. The monoisotopic (exact) mass is 465 g/mol. The number of nitrogens with one attached hydrogen (secondary N) is 1. The fourth-order valence-corrected chi connectivity index (χ4v) is 3.35. The molecular formula is C20H12IN5O. The highest BCUT2D eigenvalue weighted by Crippen LogP contribution is 2.22. The highest BCUT2D eigenvalue weighted by atomic mass is 127. The van der Waals surface area contributed by atoms with Crippen molar-refractivity contribution in [3.05, 3.63) is 81.6 Å². The maximum absolute atomic E-state index is 12.7. The molecule has 0 saturated carbocycles. The predicted octanol–water partition coefficient (Wildman–Crippen LogP) is 4.15. The number of carbonyl (C=O) groups is 1. The second kappa shape index (κ2) is 7.17. The Balaban J connectivity index is 1.77. The maximum atomic E-state index is 12.7. The number of benzene rings is 2. The Morgan fingerprint density at radius 3 is 2.67 bits per heavy atom. The molecule has 2 aromatic heterocycles. The van der Waals surface area contributed by atoms with Gasteiger partial charge in [0.2, 0.25) is 0 Å². The van der Waals surface area contributed by atoms with Gasteiger partial charge in [-0.3, -0.25) is 4.79 Å². The van der Waals surface area contributed by atoms with Crippen molar-refractivity contribution >= 4 is 45.2 Å². The fraction of sp³-hybridized carbons (Fsp3) is 0. The number of nitrogens with zero attached hydrogens (tertiary/aromatic N) is 4. The lowest BCUT2D eigenvalue weighted by Crippen LogP contribution is -2.17. The average Bonchev–Trinajstić information content (AvgIpc) is 3.10. The minimum Gasteiger partial charge on any atom is -0.305 e. The van der Waals surface area contributed by atoms with Crippen molar-refractivity contribution in [2.75, 3.05) is 5.32 Å². The Labute approximate surface area is 168 Å². The van der Waals surface area contributed by atoms with Gasteiger partial charge in [0.05, 0.1) is 17.3 Å². The van der Waals surface area contributed by atoms with Crippen molar-refractivity contribution in [3.63, 3.8) is 0 Å². The van der Waals surface area contributed by atoms with Crippen molar-refractivity contribution in [1.29, 1.82) is 5.26 Å². The van der Waals surface area contributed by atoms with E-state index in [0.717, 1.165) is 14.5 Å². The van der Waals surface area contributed by atoms with Gasteiger partial charge < -0.3 is 5.32 Å². The summed E-state index contributed by atoms with van der Waals surface area (Å²) >= 11 is 2.10. The van der Waals surface area contributed by atoms with E-state index in [0.29, 0.717) is 17.2 Å². The van der Waals surface area contributed by atoms with Crippen molar-refractivity contribution in [1.82, 2.24) is 14.8 Å². The minimum atomic E-state index is -0.306. The summed E-state index contributed by atoms with van der Waals surface area (Å²) in [6, 6.07) is 20.8. The maximum Gasteiger partial charge on any atom is 0.257 e. The molecule has 0 radical (unpaired) electrons. The van der Waals surface area contributed by atoms with Crippen LogP contribution < -0.4 is 5.32 Å². The van der Waals surface area contributed by atoms with Crippen molar-refractivity contribution < 1.29 is 4.79 Å². The van der Waals surface area contributed by atoms with Gasteiger partial charge in [-0.2, -0.15) is 15.0 Å². The first-order valence-corrected chi connectivity index (χ1v) is 9.15. The van der Waals surface area contributed by atoms with E-state index in [2.05, 4.69) is 44.1 Å².